The molecule has 0 aliphatic heterocycles. The first-order valence-electron chi connectivity index (χ1n) is 11.9. The number of fused-ring (bicyclic) bond motifs is 5. The third-order valence-corrected chi connectivity index (χ3v) is 9.64. The summed E-state index contributed by atoms with van der Waals surface area (Å²) in [4.78, 5) is 37.9. The Balaban J connectivity index is 1.73. The van der Waals surface area contributed by atoms with E-state index in [1.54, 1.807) is 0 Å². The second-order valence-corrected chi connectivity index (χ2v) is 11.1. The Hall–Kier alpha value is -1.14. The second kappa shape index (κ2) is 8.02. The molecule has 172 valence electrons. The SMILES string of the molecule is CCCC(=O)O[C@]1(C(=O)CS)CC[C@@H]2[C@H]3CCC4=CC(=O)CC[C@@]4(C)[C@H]3[C@H](O)C[C@@]21C. The maximum absolute atomic E-state index is 13.2. The predicted octanol–water partition coefficient (Wildman–Crippen LogP) is 4.07. The Labute approximate surface area is 190 Å². The van der Waals surface area contributed by atoms with E-state index >= 15 is 0 Å². The molecular weight excluding hydrogens is 412 g/mol. The molecule has 4 aliphatic carbocycles. The van der Waals surface area contributed by atoms with Gasteiger partial charge in [-0.25, -0.2) is 0 Å². The number of aliphatic hydroxyl groups excluding tert-OH is 1. The van der Waals surface area contributed by atoms with Gasteiger partial charge in [0.05, 0.1) is 11.9 Å². The smallest absolute Gasteiger partial charge is 0.306 e. The van der Waals surface area contributed by atoms with Crippen molar-refractivity contribution in [2.45, 2.75) is 90.3 Å². The Morgan fingerprint density at radius 1 is 1.23 bits per heavy atom. The van der Waals surface area contributed by atoms with Crippen LogP contribution >= 0.6 is 12.6 Å². The number of ketones is 2. The first kappa shape index (κ1) is 23.0. The average molecular weight is 449 g/mol. The lowest BCUT2D eigenvalue weighted by molar-refractivity contribution is -0.200. The van der Waals surface area contributed by atoms with Crippen molar-refractivity contribution in [1.82, 2.24) is 0 Å². The summed E-state index contributed by atoms with van der Waals surface area (Å²) >= 11 is 4.27. The number of carbonyl (C=O) groups excluding carboxylic acids is 3. The highest BCUT2D eigenvalue weighted by molar-refractivity contribution is 7.81. The molecule has 0 bridgehead atoms. The normalized spacial score (nSPS) is 44.0. The number of allylic oxidation sites excluding steroid dienone is 1. The molecule has 31 heavy (non-hydrogen) atoms. The summed E-state index contributed by atoms with van der Waals surface area (Å²) in [6, 6.07) is 0. The molecule has 3 fully saturated rings. The number of hydrogen-bond donors (Lipinski definition) is 2. The van der Waals surface area contributed by atoms with E-state index in [-0.39, 0.29) is 52.9 Å². The zero-order valence-corrected chi connectivity index (χ0v) is 19.9. The van der Waals surface area contributed by atoms with E-state index in [1.165, 1.54) is 5.57 Å². The number of carbonyl (C=O) groups is 3. The minimum atomic E-state index is -1.20. The largest absolute Gasteiger partial charge is 0.450 e. The Kier molecular flexibility index (Phi) is 5.96. The van der Waals surface area contributed by atoms with Crippen molar-refractivity contribution in [3.8, 4) is 0 Å². The van der Waals surface area contributed by atoms with Gasteiger partial charge in [-0.1, -0.05) is 26.3 Å². The molecule has 0 unspecified atom stereocenters. The number of ether oxygens (including phenoxy) is 1. The van der Waals surface area contributed by atoms with E-state index in [2.05, 4.69) is 26.5 Å². The second-order valence-electron chi connectivity index (χ2n) is 10.7. The molecule has 7 atom stereocenters. The van der Waals surface area contributed by atoms with Gasteiger partial charge >= 0.3 is 5.97 Å². The fourth-order valence-corrected chi connectivity index (χ4v) is 8.19. The molecule has 0 amide bonds. The maximum atomic E-state index is 13.2. The monoisotopic (exact) mass is 448 g/mol. The van der Waals surface area contributed by atoms with Gasteiger partial charge in [0, 0.05) is 18.3 Å². The summed E-state index contributed by atoms with van der Waals surface area (Å²) in [5.74, 6) is 0.289. The van der Waals surface area contributed by atoms with E-state index in [0.29, 0.717) is 25.7 Å². The van der Waals surface area contributed by atoms with Gasteiger partial charge in [-0.15, -0.1) is 0 Å². The highest BCUT2D eigenvalue weighted by Crippen LogP contribution is 2.68. The highest BCUT2D eigenvalue weighted by Gasteiger charge is 2.70. The zero-order chi connectivity index (χ0) is 22.6. The third kappa shape index (κ3) is 3.26. The lowest BCUT2D eigenvalue weighted by Gasteiger charge is -2.60. The molecular formula is C25H36O5S. The van der Waals surface area contributed by atoms with Crippen LogP contribution in [-0.4, -0.2) is 40.1 Å². The van der Waals surface area contributed by atoms with Crippen molar-refractivity contribution in [2.24, 2.45) is 28.6 Å². The molecule has 4 rings (SSSR count). The van der Waals surface area contributed by atoms with Gasteiger partial charge in [0.15, 0.2) is 17.2 Å². The van der Waals surface area contributed by atoms with E-state index < -0.39 is 17.1 Å². The van der Waals surface area contributed by atoms with Crippen molar-refractivity contribution in [2.75, 3.05) is 5.75 Å². The van der Waals surface area contributed by atoms with Gasteiger partial charge in [-0.05, 0) is 74.2 Å². The van der Waals surface area contributed by atoms with Gasteiger partial charge in [0.1, 0.15) is 0 Å². The molecule has 0 aromatic carbocycles. The number of aliphatic hydroxyl groups is 1. The predicted molar refractivity (Wildman–Crippen MR) is 121 cm³/mol. The first-order valence-corrected chi connectivity index (χ1v) is 12.5. The number of Topliss-reactive ketones (excluding diaryl/α,β-unsaturated/α-hetero) is 1. The Morgan fingerprint density at radius 3 is 2.65 bits per heavy atom. The fourth-order valence-electron chi connectivity index (χ4n) is 7.94. The van der Waals surface area contributed by atoms with Crippen molar-refractivity contribution < 1.29 is 24.2 Å². The maximum Gasteiger partial charge on any atom is 0.306 e. The van der Waals surface area contributed by atoms with Crippen LogP contribution < -0.4 is 0 Å². The Bertz CT molecular complexity index is 821. The van der Waals surface area contributed by atoms with E-state index in [1.807, 2.05) is 13.0 Å². The van der Waals surface area contributed by atoms with Crippen molar-refractivity contribution >= 4 is 30.2 Å². The molecule has 0 saturated heterocycles. The first-order chi connectivity index (χ1) is 14.6. The molecule has 6 heteroatoms. The highest BCUT2D eigenvalue weighted by atomic mass is 32.1. The molecule has 5 nitrogen and oxygen atoms in total. The molecule has 1 N–H and O–H groups in total. The van der Waals surface area contributed by atoms with Crippen LogP contribution in [0.25, 0.3) is 0 Å². The number of hydrogen-bond acceptors (Lipinski definition) is 6. The lowest BCUT2D eigenvalue weighted by Crippen LogP contribution is -2.63. The molecule has 0 aromatic heterocycles. The van der Waals surface area contributed by atoms with E-state index in [4.69, 9.17) is 4.74 Å². The van der Waals surface area contributed by atoms with Gasteiger partial charge < -0.3 is 9.84 Å². The summed E-state index contributed by atoms with van der Waals surface area (Å²) in [5, 5.41) is 11.5. The van der Waals surface area contributed by atoms with Crippen LogP contribution in [0.15, 0.2) is 11.6 Å². The average Bonchev–Trinajstić information content (AvgIpc) is 3.00. The summed E-state index contributed by atoms with van der Waals surface area (Å²) in [6.07, 6.45) is 7.06. The van der Waals surface area contributed by atoms with Crippen LogP contribution in [0.2, 0.25) is 0 Å². The fraction of sp³-hybridized carbons (Fsp3) is 0.800. The van der Waals surface area contributed by atoms with Gasteiger partial charge in [-0.2, -0.15) is 12.6 Å². The third-order valence-electron chi connectivity index (χ3n) is 9.35. The Morgan fingerprint density at radius 2 is 1.97 bits per heavy atom. The summed E-state index contributed by atoms with van der Waals surface area (Å²) in [6.45, 7) is 6.20. The standard InChI is InChI=1S/C25H36O5S/c1-4-5-21(29)30-25(20(28)14-31)11-9-18-17-7-6-15-12-16(26)8-10-23(15,2)22(17)19(27)13-24(18,25)3/h12,17-19,22,27,31H,4-11,13-14H2,1-3H3/t17-,18-,19-,22-,23-,24+,25+/m1/s1. The molecule has 0 radical (unpaired) electrons. The minimum absolute atomic E-state index is 0.0264. The van der Waals surface area contributed by atoms with Crippen molar-refractivity contribution in [3.63, 3.8) is 0 Å². The van der Waals surface area contributed by atoms with Crippen LogP contribution in [0.5, 0.6) is 0 Å². The summed E-state index contributed by atoms with van der Waals surface area (Å²) in [7, 11) is 0. The summed E-state index contributed by atoms with van der Waals surface area (Å²) < 4.78 is 6.03. The topological polar surface area (TPSA) is 80.7 Å². The number of esters is 1. The van der Waals surface area contributed by atoms with Gasteiger partial charge in [0.25, 0.3) is 0 Å². The lowest BCUT2D eigenvalue weighted by atomic mass is 9.45. The van der Waals surface area contributed by atoms with Crippen molar-refractivity contribution in [3.05, 3.63) is 11.6 Å². The number of thiol groups is 1. The molecule has 0 heterocycles. The minimum Gasteiger partial charge on any atom is -0.450 e. The molecule has 0 aromatic rings. The van der Waals surface area contributed by atoms with Gasteiger partial charge in [0.2, 0.25) is 0 Å². The van der Waals surface area contributed by atoms with Crippen LogP contribution in [0.3, 0.4) is 0 Å². The van der Waals surface area contributed by atoms with Crippen LogP contribution in [0, 0.1) is 28.6 Å². The van der Waals surface area contributed by atoms with Gasteiger partial charge in [-0.3, -0.25) is 14.4 Å². The summed E-state index contributed by atoms with van der Waals surface area (Å²) in [5.41, 5.74) is -0.775. The van der Waals surface area contributed by atoms with E-state index in [0.717, 1.165) is 25.7 Å². The molecule has 0 spiro atoms. The quantitative estimate of drug-likeness (QED) is 0.489. The molecule has 3 saturated carbocycles. The van der Waals surface area contributed by atoms with Crippen LogP contribution in [-0.2, 0) is 19.1 Å². The van der Waals surface area contributed by atoms with E-state index in [9.17, 15) is 19.5 Å². The van der Waals surface area contributed by atoms with Crippen molar-refractivity contribution in [1.29, 1.82) is 0 Å². The van der Waals surface area contributed by atoms with Crippen LogP contribution in [0.1, 0.15) is 78.6 Å². The zero-order valence-electron chi connectivity index (χ0n) is 19.0. The number of rotatable bonds is 5. The van der Waals surface area contributed by atoms with Crippen LogP contribution in [0.4, 0.5) is 0 Å². The molecule has 4 aliphatic rings.